The maximum atomic E-state index is 10.9. The van der Waals surface area contributed by atoms with Gasteiger partial charge in [0.1, 0.15) is 0 Å². The van der Waals surface area contributed by atoms with Crippen molar-refractivity contribution in [3.05, 3.63) is 10.6 Å². The van der Waals surface area contributed by atoms with E-state index in [0.29, 0.717) is 0 Å². The van der Waals surface area contributed by atoms with Crippen LogP contribution in [0.1, 0.15) is 46.0 Å². The van der Waals surface area contributed by atoms with Crippen LogP contribution in [0.5, 0.6) is 0 Å². The Labute approximate surface area is 83.4 Å². The molecule has 0 aliphatic heterocycles. The summed E-state index contributed by atoms with van der Waals surface area (Å²) in [6, 6.07) is 0. The van der Waals surface area contributed by atoms with Crippen molar-refractivity contribution in [3.63, 3.8) is 0 Å². The number of Topliss-reactive ketones (excluding diaryl/α,β-unsaturated/α-hetero) is 1. The highest BCUT2D eigenvalue weighted by molar-refractivity contribution is 9.11. The van der Waals surface area contributed by atoms with Crippen LogP contribution < -0.4 is 0 Å². The third-order valence-electron chi connectivity index (χ3n) is 1.88. The molecule has 70 valence electrons. The highest BCUT2D eigenvalue weighted by Gasteiger charge is 2.01. The summed E-state index contributed by atoms with van der Waals surface area (Å²) in [5.74, 6) is 0.184. The van der Waals surface area contributed by atoms with Crippen LogP contribution in [0.15, 0.2) is 10.6 Å². The van der Waals surface area contributed by atoms with Gasteiger partial charge < -0.3 is 0 Å². The van der Waals surface area contributed by atoms with Gasteiger partial charge in [-0.3, -0.25) is 4.79 Å². The molecule has 0 fully saturated rings. The van der Waals surface area contributed by atoms with Gasteiger partial charge in [0.25, 0.3) is 0 Å². The molecule has 0 aliphatic carbocycles. The van der Waals surface area contributed by atoms with E-state index in [9.17, 15) is 4.79 Å². The van der Waals surface area contributed by atoms with Gasteiger partial charge in [-0.15, -0.1) is 0 Å². The van der Waals surface area contributed by atoms with E-state index in [1.807, 2.05) is 0 Å². The quantitative estimate of drug-likeness (QED) is 0.503. The Bertz CT molecular complexity index is 161. The molecule has 12 heavy (non-hydrogen) atoms. The number of hydrogen-bond donors (Lipinski definition) is 0. The normalized spacial score (nSPS) is 11.8. The van der Waals surface area contributed by atoms with Gasteiger partial charge in [-0.1, -0.05) is 42.1 Å². The first kappa shape index (κ1) is 11.9. The van der Waals surface area contributed by atoms with Crippen molar-refractivity contribution in [3.8, 4) is 0 Å². The van der Waals surface area contributed by atoms with Crippen molar-refractivity contribution in [1.29, 1.82) is 0 Å². The van der Waals surface area contributed by atoms with E-state index in [4.69, 9.17) is 0 Å². The van der Waals surface area contributed by atoms with E-state index >= 15 is 0 Å². The molecule has 0 unspecified atom stereocenters. The van der Waals surface area contributed by atoms with Gasteiger partial charge in [-0.2, -0.15) is 0 Å². The highest BCUT2D eigenvalue weighted by atomic mass is 79.9. The zero-order valence-electron chi connectivity index (χ0n) is 7.90. The molecule has 0 heterocycles. The molecular formula is C10H17BrO. The van der Waals surface area contributed by atoms with Crippen LogP contribution in [0, 0.1) is 0 Å². The number of rotatable bonds is 6. The lowest BCUT2D eigenvalue weighted by Crippen LogP contribution is -1.95. The van der Waals surface area contributed by atoms with E-state index in [0.717, 1.165) is 18.4 Å². The lowest BCUT2D eigenvalue weighted by molar-refractivity contribution is -0.113. The molecule has 0 aromatic rings. The predicted octanol–water partition coefficient (Wildman–Crippen LogP) is 3.82. The number of carbonyl (C=O) groups excluding carboxylic acids is 1. The fourth-order valence-electron chi connectivity index (χ4n) is 1.05. The Hall–Kier alpha value is -0.110. The van der Waals surface area contributed by atoms with Gasteiger partial charge in [0.2, 0.25) is 0 Å². The lowest BCUT2D eigenvalue weighted by atomic mass is 10.1. The highest BCUT2D eigenvalue weighted by Crippen LogP contribution is 2.12. The summed E-state index contributed by atoms with van der Waals surface area (Å²) in [5.41, 5.74) is 0.908. The molecule has 0 saturated carbocycles. The number of hydrogen-bond acceptors (Lipinski definition) is 1. The maximum Gasteiger partial charge on any atom is 0.156 e. The van der Waals surface area contributed by atoms with Crippen LogP contribution in [-0.2, 0) is 4.79 Å². The minimum Gasteiger partial charge on any atom is -0.295 e. The van der Waals surface area contributed by atoms with Gasteiger partial charge in [0, 0.05) is 5.57 Å². The summed E-state index contributed by atoms with van der Waals surface area (Å²) >= 11 is 3.20. The van der Waals surface area contributed by atoms with Crippen LogP contribution in [0.2, 0.25) is 0 Å². The first-order valence-electron chi connectivity index (χ1n) is 4.52. The van der Waals surface area contributed by atoms with Crippen LogP contribution in [0.4, 0.5) is 0 Å². The SMILES string of the molecule is CCCCCCC(=CBr)C(C)=O. The van der Waals surface area contributed by atoms with Crippen molar-refractivity contribution < 1.29 is 4.79 Å². The van der Waals surface area contributed by atoms with Crippen LogP contribution in [0.3, 0.4) is 0 Å². The average Bonchev–Trinajstić information content (AvgIpc) is 2.04. The fraction of sp³-hybridized carbons (Fsp3) is 0.700. The second kappa shape index (κ2) is 7.53. The molecular weight excluding hydrogens is 216 g/mol. The van der Waals surface area contributed by atoms with E-state index < -0.39 is 0 Å². The van der Waals surface area contributed by atoms with Gasteiger partial charge in [0.15, 0.2) is 5.78 Å². The molecule has 0 saturated heterocycles. The minimum absolute atomic E-state index is 0.184. The monoisotopic (exact) mass is 232 g/mol. The van der Waals surface area contributed by atoms with Gasteiger partial charge in [0.05, 0.1) is 0 Å². The van der Waals surface area contributed by atoms with Crippen molar-refractivity contribution in [1.82, 2.24) is 0 Å². The Balaban J connectivity index is 3.54. The predicted molar refractivity (Wildman–Crippen MR) is 56.5 cm³/mol. The number of allylic oxidation sites excluding steroid dienone is 1. The van der Waals surface area contributed by atoms with Crippen molar-refractivity contribution in [2.24, 2.45) is 0 Å². The molecule has 0 radical (unpaired) electrons. The maximum absolute atomic E-state index is 10.9. The largest absolute Gasteiger partial charge is 0.295 e. The zero-order chi connectivity index (χ0) is 9.40. The van der Waals surface area contributed by atoms with Crippen molar-refractivity contribution in [2.75, 3.05) is 0 Å². The third kappa shape index (κ3) is 5.53. The molecule has 0 spiro atoms. The number of carbonyl (C=O) groups is 1. The second-order valence-corrected chi connectivity index (χ2v) is 3.46. The number of halogens is 1. The topological polar surface area (TPSA) is 17.1 Å². The Morgan fingerprint density at radius 2 is 2.00 bits per heavy atom. The van der Waals surface area contributed by atoms with Crippen LogP contribution >= 0.6 is 15.9 Å². The molecule has 0 aromatic carbocycles. The van der Waals surface area contributed by atoms with Crippen molar-refractivity contribution in [2.45, 2.75) is 46.0 Å². The summed E-state index contributed by atoms with van der Waals surface area (Å²) in [7, 11) is 0. The van der Waals surface area contributed by atoms with Crippen LogP contribution in [0.25, 0.3) is 0 Å². The number of ketones is 1. The van der Waals surface area contributed by atoms with Gasteiger partial charge in [-0.05, 0) is 24.8 Å². The Morgan fingerprint density at radius 3 is 2.42 bits per heavy atom. The smallest absolute Gasteiger partial charge is 0.156 e. The first-order chi connectivity index (χ1) is 5.72. The Kier molecular flexibility index (Phi) is 7.47. The molecule has 1 nitrogen and oxygen atoms in total. The molecule has 0 rings (SSSR count). The van der Waals surface area contributed by atoms with E-state index in [2.05, 4.69) is 22.9 Å². The minimum atomic E-state index is 0.184. The zero-order valence-corrected chi connectivity index (χ0v) is 9.49. The summed E-state index contributed by atoms with van der Waals surface area (Å²) in [6.07, 6.45) is 5.79. The van der Waals surface area contributed by atoms with Crippen molar-refractivity contribution >= 4 is 21.7 Å². The van der Waals surface area contributed by atoms with Gasteiger partial charge >= 0.3 is 0 Å². The summed E-state index contributed by atoms with van der Waals surface area (Å²) in [6.45, 7) is 3.80. The number of unbranched alkanes of at least 4 members (excludes halogenated alkanes) is 3. The van der Waals surface area contributed by atoms with E-state index in [1.165, 1.54) is 19.3 Å². The van der Waals surface area contributed by atoms with Gasteiger partial charge in [-0.25, -0.2) is 0 Å². The molecule has 0 amide bonds. The molecule has 0 atom stereocenters. The summed E-state index contributed by atoms with van der Waals surface area (Å²) in [4.78, 5) is 12.7. The summed E-state index contributed by atoms with van der Waals surface area (Å²) < 4.78 is 0. The van der Waals surface area contributed by atoms with E-state index in [-0.39, 0.29) is 5.78 Å². The summed E-state index contributed by atoms with van der Waals surface area (Å²) in [5, 5.41) is 0. The third-order valence-corrected chi connectivity index (χ3v) is 2.44. The first-order valence-corrected chi connectivity index (χ1v) is 5.44. The molecule has 0 aliphatic rings. The molecule has 0 N–H and O–H groups in total. The Morgan fingerprint density at radius 1 is 1.33 bits per heavy atom. The average molecular weight is 233 g/mol. The van der Waals surface area contributed by atoms with E-state index in [1.54, 1.807) is 11.9 Å². The standard InChI is InChI=1S/C10H17BrO/c1-3-4-5-6-7-10(8-11)9(2)12/h8H,3-7H2,1-2H3. The van der Waals surface area contributed by atoms with Crippen LogP contribution in [-0.4, -0.2) is 5.78 Å². The molecule has 0 bridgehead atoms. The lowest BCUT2D eigenvalue weighted by Gasteiger charge is -2.00. The fourth-order valence-corrected chi connectivity index (χ4v) is 1.60. The molecule has 2 heteroatoms. The molecule has 0 aromatic heterocycles. The second-order valence-electron chi connectivity index (χ2n) is 3.00.